The van der Waals surface area contributed by atoms with Gasteiger partial charge in [0.25, 0.3) is 0 Å². The molecule has 2 fully saturated rings. The summed E-state index contributed by atoms with van der Waals surface area (Å²) in [6.45, 7) is 9.33. The smallest absolute Gasteiger partial charge is 0.207 e. The fourth-order valence-corrected chi connectivity index (χ4v) is 5.15. The van der Waals surface area contributed by atoms with Crippen molar-refractivity contribution in [1.82, 2.24) is 4.31 Å². The van der Waals surface area contributed by atoms with Crippen LogP contribution in [-0.2, 0) is 10.0 Å². The summed E-state index contributed by atoms with van der Waals surface area (Å²) in [6.07, 6.45) is 3.05. The van der Waals surface area contributed by atoms with Crippen molar-refractivity contribution >= 4 is 10.0 Å². The van der Waals surface area contributed by atoms with Crippen LogP contribution < -0.4 is 0 Å². The van der Waals surface area contributed by atoms with Gasteiger partial charge in [-0.05, 0) is 42.7 Å². The lowest BCUT2D eigenvalue weighted by Crippen LogP contribution is -2.43. The lowest BCUT2D eigenvalue weighted by Gasteiger charge is -2.47. The maximum Gasteiger partial charge on any atom is 0.243 e. The SMILES string of the molecule is C=C[C@@]1(C)C[C@@H]2CN(S(=O)(=O)c3ccc(C)cc3)C[C@@H]21. The average molecular weight is 291 g/mol. The number of sulfonamides is 1. The molecule has 1 aromatic carbocycles. The molecule has 108 valence electrons. The molecule has 3 atom stereocenters. The van der Waals surface area contributed by atoms with Gasteiger partial charge in [0.2, 0.25) is 10.0 Å². The summed E-state index contributed by atoms with van der Waals surface area (Å²) in [5.74, 6) is 0.929. The minimum atomic E-state index is -3.34. The summed E-state index contributed by atoms with van der Waals surface area (Å²) in [5, 5.41) is 0. The number of nitrogens with zero attached hydrogens (tertiary/aromatic N) is 1. The standard InChI is InChI=1S/C16H21NO2S/c1-4-16(3)9-13-10-17(11-15(13)16)20(18,19)14-7-5-12(2)6-8-14/h4-8,13,15H,1,9-11H2,2-3H3/t13-,15+,16+/m1/s1. The Morgan fingerprint density at radius 2 is 1.95 bits per heavy atom. The molecule has 0 N–H and O–H groups in total. The van der Waals surface area contributed by atoms with Crippen LogP contribution in [0.1, 0.15) is 18.9 Å². The van der Waals surface area contributed by atoms with E-state index >= 15 is 0 Å². The monoisotopic (exact) mass is 291 g/mol. The summed E-state index contributed by atoms with van der Waals surface area (Å²) in [6, 6.07) is 7.12. The first-order chi connectivity index (χ1) is 9.37. The van der Waals surface area contributed by atoms with E-state index in [9.17, 15) is 8.42 Å². The van der Waals surface area contributed by atoms with Gasteiger partial charge in [0.1, 0.15) is 0 Å². The number of benzene rings is 1. The number of allylic oxidation sites excluding steroid dienone is 1. The number of hydrogen-bond donors (Lipinski definition) is 0. The van der Waals surface area contributed by atoms with Gasteiger partial charge in [0, 0.05) is 13.1 Å². The zero-order valence-corrected chi connectivity index (χ0v) is 12.9. The molecule has 1 aliphatic heterocycles. The molecular formula is C16H21NO2S. The third-order valence-electron chi connectivity index (χ3n) is 5.08. The predicted molar refractivity (Wildman–Crippen MR) is 79.8 cm³/mol. The first-order valence-electron chi connectivity index (χ1n) is 7.07. The molecule has 4 heteroatoms. The zero-order chi connectivity index (χ0) is 14.5. The van der Waals surface area contributed by atoms with E-state index in [0.717, 1.165) is 12.0 Å². The largest absolute Gasteiger partial charge is 0.243 e. The fourth-order valence-electron chi connectivity index (χ4n) is 3.63. The van der Waals surface area contributed by atoms with E-state index in [-0.39, 0.29) is 5.41 Å². The van der Waals surface area contributed by atoms with Crippen LogP contribution in [-0.4, -0.2) is 25.8 Å². The average Bonchev–Trinajstić information content (AvgIpc) is 2.78. The second kappa shape index (κ2) is 4.43. The molecule has 0 aromatic heterocycles. The maximum absolute atomic E-state index is 12.7. The summed E-state index contributed by atoms with van der Waals surface area (Å²) in [7, 11) is -3.34. The van der Waals surface area contributed by atoms with Gasteiger partial charge in [0.05, 0.1) is 4.90 Å². The quantitative estimate of drug-likeness (QED) is 0.803. The third-order valence-corrected chi connectivity index (χ3v) is 6.93. The Labute approximate surface area is 121 Å². The van der Waals surface area contributed by atoms with Crippen molar-refractivity contribution in [3.63, 3.8) is 0 Å². The Kier molecular flexibility index (Phi) is 3.07. The van der Waals surface area contributed by atoms with Gasteiger partial charge >= 0.3 is 0 Å². The van der Waals surface area contributed by atoms with Crippen LogP contribution in [0.15, 0.2) is 41.8 Å². The van der Waals surface area contributed by atoms with Gasteiger partial charge in [-0.1, -0.05) is 30.7 Å². The van der Waals surface area contributed by atoms with Crippen LogP contribution in [0.3, 0.4) is 0 Å². The molecule has 1 heterocycles. The van der Waals surface area contributed by atoms with Gasteiger partial charge in [-0.25, -0.2) is 8.42 Å². The van der Waals surface area contributed by atoms with Crippen LogP contribution in [0.25, 0.3) is 0 Å². The molecule has 0 bridgehead atoms. The van der Waals surface area contributed by atoms with Crippen molar-refractivity contribution in [2.24, 2.45) is 17.3 Å². The lowest BCUT2D eigenvalue weighted by atomic mass is 9.56. The number of rotatable bonds is 3. The Hall–Kier alpha value is -1.13. The first kappa shape index (κ1) is 13.8. The molecule has 0 radical (unpaired) electrons. The van der Waals surface area contributed by atoms with Gasteiger partial charge in [-0.2, -0.15) is 4.31 Å². The molecule has 2 aliphatic rings. The van der Waals surface area contributed by atoms with Gasteiger partial charge < -0.3 is 0 Å². The second-order valence-corrected chi connectivity index (χ2v) is 8.35. The number of fused-ring (bicyclic) bond motifs is 1. The van der Waals surface area contributed by atoms with E-state index in [4.69, 9.17) is 0 Å². The summed E-state index contributed by atoms with van der Waals surface area (Å²) >= 11 is 0. The number of aryl methyl sites for hydroxylation is 1. The van der Waals surface area contributed by atoms with Gasteiger partial charge in [-0.15, -0.1) is 6.58 Å². The zero-order valence-electron chi connectivity index (χ0n) is 12.0. The minimum absolute atomic E-state index is 0.113. The lowest BCUT2D eigenvalue weighted by molar-refractivity contribution is 0.0601. The van der Waals surface area contributed by atoms with Crippen LogP contribution in [0.2, 0.25) is 0 Å². The van der Waals surface area contributed by atoms with E-state index in [1.54, 1.807) is 16.4 Å². The Morgan fingerprint density at radius 3 is 2.55 bits per heavy atom. The van der Waals surface area contributed by atoms with Crippen molar-refractivity contribution < 1.29 is 8.42 Å². The Morgan fingerprint density at radius 1 is 1.30 bits per heavy atom. The second-order valence-electron chi connectivity index (χ2n) is 6.42. The molecule has 20 heavy (non-hydrogen) atoms. The normalized spacial score (nSPS) is 33.5. The number of hydrogen-bond acceptors (Lipinski definition) is 2. The van der Waals surface area contributed by atoms with Crippen LogP contribution in [0.4, 0.5) is 0 Å². The fraction of sp³-hybridized carbons (Fsp3) is 0.500. The highest BCUT2D eigenvalue weighted by molar-refractivity contribution is 7.89. The van der Waals surface area contributed by atoms with Gasteiger partial charge in [-0.3, -0.25) is 0 Å². The highest BCUT2D eigenvalue weighted by Gasteiger charge is 2.55. The molecule has 0 spiro atoms. The topological polar surface area (TPSA) is 37.4 Å². The van der Waals surface area contributed by atoms with Crippen molar-refractivity contribution in [2.45, 2.75) is 25.2 Å². The maximum atomic E-state index is 12.7. The Balaban J connectivity index is 1.84. The summed E-state index contributed by atoms with van der Waals surface area (Å²) in [4.78, 5) is 0.407. The highest BCUT2D eigenvalue weighted by Crippen LogP contribution is 2.55. The van der Waals surface area contributed by atoms with E-state index in [1.807, 2.05) is 25.1 Å². The molecule has 1 saturated heterocycles. The van der Waals surface area contributed by atoms with E-state index < -0.39 is 10.0 Å². The highest BCUT2D eigenvalue weighted by atomic mass is 32.2. The van der Waals surface area contributed by atoms with Crippen LogP contribution in [0.5, 0.6) is 0 Å². The molecule has 0 amide bonds. The first-order valence-corrected chi connectivity index (χ1v) is 8.51. The molecule has 3 rings (SSSR count). The van der Waals surface area contributed by atoms with Crippen molar-refractivity contribution in [3.8, 4) is 0 Å². The van der Waals surface area contributed by atoms with Gasteiger partial charge in [0.15, 0.2) is 0 Å². The molecule has 1 aliphatic carbocycles. The van der Waals surface area contributed by atoms with Crippen molar-refractivity contribution in [3.05, 3.63) is 42.5 Å². The van der Waals surface area contributed by atoms with Crippen LogP contribution in [0, 0.1) is 24.2 Å². The van der Waals surface area contributed by atoms with E-state index in [1.165, 1.54) is 0 Å². The Bertz CT molecular complexity index is 635. The molecule has 3 nitrogen and oxygen atoms in total. The summed E-state index contributed by atoms with van der Waals surface area (Å²) < 4.78 is 27.0. The molecular weight excluding hydrogens is 270 g/mol. The van der Waals surface area contributed by atoms with E-state index in [0.29, 0.717) is 29.8 Å². The van der Waals surface area contributed by atoms with Crippen LogP contribution >= 0.6 is 0 Å². The van der Waals surface area contributed by atoms with Crippen molar-refractivity contribution in [2.75, 3.05) is 13.1 Å². The predicted octanol–water partition coefficient (Wildman–Crippen LogP) is 2.83. The molecule has 1 aromatic rings. The minimum Gasteiger partial charge on any atom is -0.207 e. The third kappa shape index (κ3) is 1.93. The van der Waals surface area contributed by atoms with Crippen molar-refractivity contribution in [1.29, 1.82) is 0 Å². The molecule has 0 unspecified atom stereocenters. The summed E-state index contributed by atoms with van der Waals surface area (Å²) in [5.41, 5.74) is 1.19. The van der Waals surface area contributed by atoms with E-state index in [2.05, 4.69) is 13.5 Å². The molecule has 1 saturated carbocycles.